The van der Waals surface area contributed by atoms with Crippen molar-refractivity contribution in [3.63, 3.8) is 0 Å². The van der Waals surface area contributed by atoms with Gasteiger partial charge in [-0.1, -0.05) is 17.7 Å². The lowest BCUT2D eigenvalue weighted by atomic mass is 9.88. The highest BCUT2D eigenvalue weighted by Crippen LogP contribution is 2.48. The Labute approximate surface area is 91.0 Å². The average molecular weight is 206 g/mol. The average Bonchev–Trinajstić information content (AvgIpc) is 2.77. The fourth-order valence-electron chi connectivity index (χ4n) is 2.89. The molecule has 2 rings (SSSR count). The van der Waals surface area contributed by atoms with Crippen LogP contribution < -0.4 is 0 Å². The van der Waals surface area contributed by atoms with Gasteiger partial charge in [0.15, 0.2) is 0 Å². The summed E-state index contributed by atoms with van der Waals surface area (Å²) < 4.78 is 5.09. The van der Waals surface area contributed by atoms with E-state index in [1.807, 2.05) is 13.0 Å². The van der Waals surface area contributed by atoms with E-state index in [2.05, 4.69) is 12.7 Å². The number of carbonyl (C=O) groups excluding carboxylic acids is 1. The first-order valence-corrected chi connectivity index (χ1v) is 5.74. The molecule has 1 fully saturated rings. The molecule has 0 N–H and O–H groups in total. The number of esters is 1. The van der Waals surface area contributed by atoms with Crippen molar-refractivity contribution in [2.24, 2.45) is 17.8 Å². The zero-order chi connectivity index (χ0) is 10.8. The highest BCUT2D eigenvalue weighted by Gasteiger charge is 2.43. The van der Waals surface area contributed by atoms with Crippen molar-refractivity contribution >= 4 is 5.97 Å². The summed E-state index contributed by atoms with van der Waals surface area (Å²) in [5, 5.41) is 0. The second kappa shape index (κ2) is 4.21. The number of fused-ring (bicyclic) bond motifs is 2. The van der Waals surface area contributed by atoms with E-state index in [0.29, 0.717) is 18.4 Å². The molecule has 15 heavy (non-hydrogen) atoms. The number of allylic oxidation sites excluding steroid dienone is 3. The van der Waals surface area contributed by atoms with Crippen LogP contribution in [0.2, 0.25) is 0 Å². The van der Waals surface area contributed by atoms with Gasteiger partial charge >= 0.3 is 5.97 Å². The van der Waals surface area contributed by atoms with Gasteiger partial charge in [0.1, 0.15) is 0 Å². The van der Waals surface area contributed by atoms with Crippen molar-refractivity contribution in [3.05, 3.63) is 24.3 Å². The Kier molecular flexibility index (Phi) is 2.94. The molecule has 0 saturated heterocycles. The van der Waals surface area contributed by atoms with Gasteiger partial charge in [-0.05, 0) is 38.0 Å². The second-order valence-corrected chi connectivity index (χ2v) is 4.43. The number of ether oxygens (including phenoxy) is 1. The molecule has 0 amide bonds. The van der Waals surface area contributed by atoms with Crippen molar-refractivity contribution in [2.75, 3.05) is 6.61 Å². The molecule has 0 aromatic heterocycles. The van der Waals surface area contributed by atoms with Crippen LogP contribution in [0, 0.1) is 17.8 Å². The number of carbonyl (C=O) groups is 1. The number of rotatable bonds is 4. The Morgan fingerprint density at radius 2 is 2.47 bits per heavy atom. The van der Waals surface area contributed by atoms with Gasteiger partial charge in [-0.3, -0.25) is 4.79 Å². The molecule has 0 aliphatic heterocycles. The SMILES string of the molecule is C=CCC1=C[C@H]2C[C@@H]1C[C@H]2C(=O)OCC. The fourth-order valence-corrected chi connectivity index (χ4v) is 2.89. The maximum atomic E-state index is 11.6. The van der Waals surface area contributed by atoms with E-state index in [1.165, 1.54) is 5.57 Å². The van der Waals surface area contributed by atoms with Crippen LogP contribution in [0.25, 0.3) is 0 Å². The van der Waals surface area contributed by atoms with Gasteiger partial charge in [0.25, 0.3) is 0 Å². The maximum absolute atomic E-state index is 11.6. The smallest absolute Gasteiger partial charge is 0.309 e. The molecule has 0 aromatic carbocycles. The van der Waals surface area contributed by atoms with Crippen LogP contribution >= 0.6 is 0 Å². The van der Waals surface area contributed by atoms with Gasteiger partial charge in [-0.15, -0.1) is 6.58 Å². The van der Waals surface area contributed by atoms with Gasteiger partial charge in [-0.25, -0.2) is 0 Å². The topological polar surface area (TPSA) is 26.3 Å². The Bertz CT molecular complexity index is 304. The molecule has 0 unspecified atom stereocenters. The van der Waals surface area contributed by atoms with Crippen molar-refractivity contribution in [1.29, 1.82) is 0 Å². The molecule has 0 heterocycles. The Balaban J connectivity index is 2.00. The Hall–Kier alpha value is -1.05. The predicted molar refractivity (Wildman–Crippen MR) is 59.2 cm³/mol. The summed E-state index contributed by atoms with van der Waals surface area (Å²) in [6, 6.07) is 0. The summed E-state index contributed by atoms with van der Waals surface area (Å²) in [6.45, 7) is 6.12. The number of hydrogen-bond acceptors (Lipinski definition) is 2. The molecule has 1 saturated carbocycles. The first-order chi connectivity index (χ1) is 7.26. The van der Waals surface area contributed by atoms with Crippen LogP contribution in [0.4, 0.5) is 0 Å². The minimum absolute atomic E-state index is 0.00102. The quantitative estimate of drug-likeness (QED) is 0.522. The molecular weight excluding hydrogens is 188 g/mol. The lowest BCUT2D eigenvalue weighted by Crippen LogP contribution is -2.22. The maximum Gasteiger partial charge on any atom is 0.309 e. The van der Waals surface area contributed by atoms with E-state index in [0.717, 1.165) is 19.3 Å². The van der Waals surface area contributed by atoms with E-state index in [9.17, 15) is 4.79 Å². The lowest BCUT2D eigenvalue weighted by Gasteiger charge is -2.19. The largest absolute Gasteiger partial charge is 0.466 e. The molecule has 2 aliphatic rings. The molecule has 2 bridgehead atoms. The van der Waals surface area contributed by atoms with Gasteiger partial charge < -0.3 is 4.74 Å². The predicted octanol–water partition coefficient (Wildman–Crippen LogP) is 2.71. The van der Waals surface area contributed by atoms with Crippen LogP contribution in [-0.4, -0.2) is 12.6 Å². The van der Waals surface area contributed by atoms with Crippen LogP contribution in [-0.2, 0) is 9.53 Å². The molecule has 2 heteroatoms. The van der Waals surface area contributed by atoms with Crippen molar-refractivity contribution in [3.8, 4) is 0 Å². The second-order valence-electron chi connectivity index (χ2n) is 4.43. The molecule has 2 nitrogen and oxygen atoms in total. The molecule has 82 valence electrons. The summed E-state index contributed by atoms with van der Waals surface area (Å²) in [4.78, 5) is 11.6. The van der Waals surface area contributed by atoms with Gasteiger partial charge in [-0.2, -0.15) is 0 Å². The summed E-state index contributed by atoms with van der Waals surface area (Å²) in [7, 11) is 0. The third kappa shape index (κ3) is 1.85. The standard InChI is InChI=1S/C13H18O2/c1-3-5-9-6-11-7-10(9)8-12(11)13(14)15-4-2/h3,6,10-12H,1,4-5,7-8H2,2H3/t10-,11+,12-/m1/s1. The van der Waals surface area contributed by atoms with Crippen LogP contribution in [0.5, 0.6) is 0 Å². The summed E-state index contributed by atoms with van der Waals surface area (Å²) in [6.07, 6.45) is 7.34. The fraction of sp³-hybridized carbons (Fsp3) is 0.615. The highest BCUT2D eigenvalue weighted by molar-refractivity contribution is 5.74. The van der Waals surface area contributed by atoms with Crippen LogP contribution in [0.3, 0.4) is 0 Å². The third-order valence-corrected chi connectivity index (χ3v) is 3.53. The first kappa shape index (κ1) is 10.5. The molecule has 2 aliphatic carbocycles. The van der Waals surface area contributed by atoms with E-state index < -0.39 is 0 Å². The van der Waals surface area contributed by atoms with E-state index in [-0.39, 0.29) is 11.9 Å². The van der Waals surface area contributed by atoms with Crippen molar-refractivity contribution < 1.29 is 9.53 Å². The monoisotopic (exact) mass is 206 g/mol. The Morgan fingerprint density at radius 3 is 3.00 bits per heavy atom. The normalized spacial score (nSPS) is 32.6. The lowest BCUT2D eigenvalue weighted by molar-refractivity contribution is -0.148. The van der Waals surface area contributed by atoms with Crippen molar-refractivity contribution in [1.82, 2.24) is 0 Å². The zero-order valence-corrected chi connectivity index (χ0v) is 9.24. The number of hydrogen-bond donors (Lipinski definition) is 0. The summed E-state index contributed by atoms with van der Waals surface area (Å²) in [5.41, 5.74) is 1.48. The minimum Gasteiger partial charge on any atom is -0.466 e. The molecule has 0 radical (unpaired) electrons. The van der Waals surface area contributed by atoms with E-state index in [1.54, 1.807) is 0 Å². The highest BCUT2D eigenvalue weighted by atomic mass is 16.5. The Morgan fingerprint density at radius 1 is 1.67 bits per heavy atom. The first-order valence-electron chi connectivity index (χ1n) is 5.74. The van der Waals surface area contributed by atoms with Crippen LogP contribution in [0.1, 0.15) is 26.2 Å². The van der Waals surface area contributed by atoms with Gasteiger partial charge in [0, 0.05) is 0 Å². The molecule has 0 spiro atoms. The zero-order valence-electron chi connectivity index (χ0n) is 9.24. The van der Waals surface area contributed by atoms with Gasteiger partial charge in [0.2, 0.25) is 0 Å². The van der Waals surface area contributed by atoms with E-state index in [4.69, 9.17) is 4.74 Å². The summed E-state index contributed by atoms with van der Waals surface area (Å²) in [5.74, 6) is 1.17. The molecule has 0 aromatic rings. The molecular formula is C13H18O2. The van der Waals surface area contributed by atoms with Gasteiger partial charge in [0.05, 0.1) is 12.5 Å². The van der Waals surface area contributed by atoms with Crippen LogP contribution in [0.15, 0.2) is 24.3 Å². The van der Waals surface area contributed by atoms with Crippen molar-refractivity contribution in [2.45, 2.75) is 26.2 Å². The molecule has 3 atom stereocenters. The summed E-state index contributed by atoms with van der Waals surface area (Å²) >= 11 is 0. The minimum atomic E-state index is -0.00102. The van der Waals surface area contributed by atoms with E-state index >= 15 is 0 Å². The third-order valence-electron chi connectivity index (χ3n) is 3.53.